The van der Waals surface area contributed by atoms with Gasteiger partial charge < -0.3 is 5.11 Å². The van der Waals surface area contributed by atoms with Crippen molar-refractivity contribution < 1.29 is 23.1 Å². The molecule has 0 radical (unpaired) electrons. The average molecular weight is 286 g/mol. The van der Waals surface area contributed by atoms with Gasteiger partial charge in [-0.1, -0.05) is 25.1 Å². The zero-order valence-electron chi connectivity index (χ0n) is 10.6. The Morgan fingerprint density at radius 2 is 1.95 bits per heavy atom. The number of hydrogen-bond donors (Lipinski definition) is 1. The van der Waals surface area contributed by atoms with Crippen LogP contribution in [-0.4, -0.2) is 29.0 Å². The first-order valence-electron chi connectivity index (χ1n) is 6.02. The van der Waals surface area contributed by atoms with E-state index in [9.17, 15) is 18.0 Å². The molecule has 4 nitrogen and oxygen atoms in total. The minimum Gasteiger partial charge on any atom is -0.481 e. The van der Waals surface area contributed by atoms with Gasteiger partial charge in [0.2, 0.25) is 0 Å². The summed E-state index contributed by atoms with van der Waals surface area (Å²) >= 11 is 0. The molecule has 20 heavy (non-hydrogen) atoms. The number of alkyl halides is 3. The van der Waals surface area contributed by atoms with E-state index >= 15 is 0 Å². The second-order valence-corrected chi connectivity index (χ2v) is 4.62. The molecule has 0 unspecified atom stereocenters. The molecule has 1 aliphatic heterocycles. The van der Waals surface area contributed by atoms with Crippen LogP contribution < -0.4 is 5.01 Å². The number of carbonyl (C=O) groups is 1. The molecule has 1 aromatic carbocycles. The molecule has 108 valence electrons. The molecule has 0 amide bonds. The highest BCUT2D eigenvalue weighted by atomic mass is 19.4. The van der Waals surface area contributed by atoms with Crippen molar-refractivity contribution in [2.75, 3.05) is 5.01 Å². The number of aliphatic carboxylic acids is 1. The van der Waals surface area contributed by atoms with E-state index in [4.69, 9.17) is 5.11 Å². The Morgan fingerprint density at radius 1 is 1.35 bits per heavy atom. The molecular weight excluding hydrogens is 273 g/mol. The van der Waals surface area contributed by atoms with E-state index in [2.05, 4.69) is 5.10 Å². The standard InChI is InChI=1S/C13H13F3N2O2/c1-8-10(7-11(19)20)18(9-5-3-2-4-6-9)17-12(8)13(14,15)16/h2-6,8,10H,7H2,1H3,(H,19,20)/t8-,10-/m0/s1. The molecule has 0 aliphatic carbocycles. The summed E-state index contributed by atoms with van der Waals surface area (Å²) in [5, 5.41) is 13.6. The highest BCUT2D eigenvalue weighted by Crippen LogP contribution is 2.36. The van der Waals surface area contributed by atoms with Crippen LogP contribution in [0.5, 0.6) is 0 Å². The Morgan fingerprint density at radius 3 is 2.45 bits per heavy atom. The van der Waals surface area contributed by atoms with Crippen molar-refractivity contribution in [1.82, 2.24) is 0 Å². The molecule has 1 heterocycles. The van der Waals surface area contributed by atoms with Gasteiger partial charge in [0.25, 0.3) is 0 Å². The number of para-hydroxylation sites is 1. The van der Waals surface area contributed by atoms with Crippen molar-refractivity contribution in [3.8, 4) is 0 Å². The Labute approximate surface area is 113 Å². The highest BCUT2D eigenvalue weighted by molar-refractivity contribution is 5.95. The van der Waals surface area contributed by atoms with Crippen LogP contribution in [0.15, 0.2) is 35.4 Å². The maximum absolute atomic E-state index is 12.9. The van der Waals surface area contributed by atoms with Crippen molar-refractivity contribution >= 4 is 17.4 Å². The first-order chi connectivity index (χ1) is 9.30. The SMILES string of the molecule is C[C@@H]1C(C(F)(F)F)=NN(c2ccccc2)[C@H]1CC(=O)O. The van der Waals surface area contributed by atoms with Gasteiger partial charge in [-0.3, -0.25) is 9.80 Å². The largest absolute Gasteiger partial charge is 0.481 e. The summed E-state index contributed by atoms with van der Waals surface area (Å²) in [5.41, 5.74) is -0.488. The molecule has 0 saturated carbocycles. The Hall–Kier alpha value is -2.05. The van der Waals surface area contributed by atoms with Crippen LogP contribution in [0.2, 0.25) is 0 Å². The van der Waals surface area contributed by atoms with Gasteiger partial charge in [0.05, 0.1) is 18.2 Å². The maximum Gasteiger partial charge on any atom is 0.431 e. The third-order valence-corrected chi connectivity index (χ3v) is 3.23. The molecule has 1 aliphatic rings. The first-order valence-corrected chi connectivity index (χ1v) is 6.02. The second kappa shape index (κ2) is 5.15. The zero-order chi connectivity index (χ0) is 14.9. The quantitative estimate of drug-likeness (QED) is 0.929. The van der Waals surface area contributed by atoms with E-state index < -0.39 is 36.2 Å². The highest BCUT2D eigenvalue weighted by Gasteiger charge is 2.48. The number of benzene rings is 1. The van der Waals surface area contributed by atoms with Gasteiger partial charge in [0.1, 0.15) is 5.71 Å². The summed E-state index contributed by atoms with van der Waals surface area (Å²) in [7, 11) is 0. The van der Waals surface area contributed by atoms with Crippen LogP contribution in [0.1, 0.15) is 13.3 Å². The monoisotopic (exact) mass is 286 g/mol. The first kappa shape index (κ1) is 14.4. The summed E-state index contributed by atoms with van der Waals surface area (Å²) in [5.74, 6) is -2.15. The Kier molecular flexibility index (Phi) is 3.69. The Balaban J connectivity index is 2.39. The number of anilines is 1. The van der Waals surface area contributed by atoms with Crippen molar-refractivity contribution in [3.63, 3.8) is 0 Å². The molecule has 1 N–H and O–H groups in total. The lowest BCUT2D eigenvalue weighted by Gasteiger charge is -2.25. The van der Waals surface area contributed by atoms with Crippen LogP contribution in [0, 0.1) is 5.92 Å². The average Bonchev–Trinajstić information content (AvgIpc) is 2.67. The molecule has 0 spiro atoms. The minimum atomic E-state index is -4.56. The Bertz CT molecular complexity index is 528. The summed E-state index contributed by atoms with van der Waals surface area (Å²) in [4.78, 5) is 10.9. The van der Waals surface area contributed by atoms with E-state index in [1.54, 1.807) is 30.3 Å². The number of carboxylic acids is 1. The lowest BCUT2D eigenvalue weighted by atomic mass is 9.94. The summed E-state index contributed by atoms with van der Waals surface area (Å²) < 4.78 is 38.7. The number of carboxylic acid groups (broad SMARTS) is 1. The topological polar surface area (TPSA) is 52.9 Å². The zero-order valence-corrected chi connectivity index (χ0v) is 10.6. The molecule has 0 saturated heterocycles. The van der Waals surface area contributed by atoms with Crippen LogP contribution in [-0.2, 0) is 4.79 Å². The maximum atomic E-state index is 12.9. The summed E-state index contributed by atoms with van der Waals surface area (Å²) in [6.45, 7) is 1.35. The molecule has 7 heteroatoms. The van der Waals surface area contributed by atoms with Gasteiger partial charge in [-0.25, -0.2) is 0 Å². The van der Waals surface area contributed by atoms with E-state index in [-0.39, 0.29) is 0 Å². The van der Waals surface area contributed by atoms with E-state index in [0.29, 0.717) is 5.69 Å². The predicted molar refractivity (Wildman–Crippen MR) is 67.6 cm³/mol. The van der Waals surface area contributed by atoms with Crippen molar-refractivity contribution in [1.29, 1.82) is 0 Å². The van der Waals surface area contributed by atoms with E-state index in [1.807, 2.05) is 0 Å². The van der Waals surface area contributed by atoms with Crippen molar-refractivity contribution in [2.24, 2.45) is 11.0 Å². The summed E-state index contributed by atoms with van der Waals surface area (Å²) in [6, 6.07) is 7.42. The second-order valence-electron chi connectivity index (χ2n) is 4.62. The van der Waals surface area contributed by atoms with Gasteiger partial charge in [0, 0.05) is 5.92 Å². The number of hydrazone groups is 1. The number of rotatable bonds is 3. The molecule has 1 aromatic rings. The number of nitrogens with zero attached hydrogens (tertiary/aromatic N) is 2. The predicted octanol–water partition coefficient (Wildman–Crippen LogP) is 2.90. The fourth-order valence-electron chi connectivity index (χ4n) is 2.26. The molecule has 0 bridgehead atoms. The van der Waals surface area contributed by atoms with Crippen LogP contribution >= 0.6 is 0 Å². The third-order valence-electron chi connectivity index (χ3n) is 3.23. The van der Waals surface area contributed by atoms with Crippen molar-refractivity contribution in [3.05, 3.63) is 30.3 Å². The van der Waals surface area contributed by atoms with Crippen LogP contribution in [0.3, 0.4) is 0 Å². The molecule has 0 aromatic heterocycles. The molecule has 0 fully saturated rings. The third kappa shape index (κ3) is 2.76. The lowest BCUT2D eigenvalue weighted by Crippen LogP contribution is -2.36. The minimum absolute atomic E-state index is 0.404. The van der Waals surface area contributed by atoms with Gasteiger partial charge in [0.15, 0.2) is 0 Å². The lowest BCUT2D eigenvalue weighted by molar-refractivity contribution is -0.137. The van der Waals surface area contributed by atoms with Gasteiger partial charge in [-0.2, -0.15) is 18.3 Å². The van der Waals surface area contributed by atoms with Gasteiger partial charge in [-0.15, -0.1) is 0 Å². The van der Waals surface area contributed by atoms with Gasteiger partial charge >= 0.3 is 12.1 Å². The number of halogens is 3. The normalized spacial score (nSPS) is 22.8. The molecule has 2 rings (SSSR count). The van der Waals surface area contributed by atoms with Gasteiger partial charge in [-0.05, 0) is 12.1 Å². The van der Waals surface area contributed by atoms with Crippen LogP contribution in [0.25, 0.3) is 0 Å². The number of hydrogen-bond acceptors (Lipinski definition) is 3. The smallest absolute Gasteiger partial charge is 0.431 e. The van der Waals surface area contributed by atoms with E-state index in [1.165, 1.54) is 6.92 Å². The van der Waals surface area contributed by atoms with Crippen LogP contribution in [0.4, 0.5) is 18.9 Å². The summed E-state index contributed by atoms with van der Waals surface area (Å²) in [6.07, 6.45) is -4.96. The molecule has 2 atom stereocenters. The van der Waals surface area contributed by atoms with E-state index in [0.717, 1.165) is 5.01 Å². The fourth-order valence-corrected chi connectivity index (χ4v) is 2.26. The fraction of sp³-hybridized carbons (Fsp3) is 0.385. The molecular formula is C13H13F3N2O2. The van der Waals surface area contributed by atoms with Crippen molar-refractivity contribution in [2.45, 2.75) is 25.6 Å².